The summed E-state index contributed by atoms with van der Waals surface area (Å²) in [5.41, 5.74) is 1.25. The predicted octanol–water partition coefficient (Wildman–Crippen LogP) is 2.92. The van der Waals surface area contributed by atoms with Gasteiger partial charge in [-0.15, -0.1) is 0 Å². The summed E-state index contributed by atoms with van der Waals surface area (Å²) in [7, 11) is 0. The zero-order valence-corrected chi connectivity index (χ0v) is 9.17. The fourth-order valence-corrected chi connectivity index (χ4v) is 1.13. The third-order valence-electron chi connectivity index (χ3n) is 1.92. The number of nitrogens with one attached hydrogen (secondary N) is 1. The van der Waals surface area contributed by atoms with Crippen LogP contribution in [0.5, 0.6) is 5.75 Å². The van der Waals surface area contributed by atoms with Crippen LogP contribution in [0.2, 0.25) is 0 Å². The van der Waals surface area contributed by atoms with Crippen molar-refractivity contribution in [2.24, 2.45) is 0 Å². The van der Waals surface area contributed by atoms with Crippen molar-refractivity contribution in [3.05, 3.63) is 29.8 Å². The maximum atomic E-state index is 12.3. The second-order valence-electron chi connectivity index (χ2n) is 3.40. The Morgan fingerprint density at radius 3 is 2.71 bits per heavy atom. The molecule has 0 bridgehead atoms. The highest BCUT2D eigenvalue weighted by Gasteiger charge is 2.30. The van der Waals surface area contributed by atoms with Crippen LogP contribution in [0.15, 0.2) is 24.3 Å². The zero-order chi connectivity index (χ0) is 12.9. The third kappa shape index (κ3) is 4.34. The number of hydroxylamine groups is 1. The molecule has 94 valence electrons. The molecule has 0 atom stereocenters. The molecule has 0 aromatic heterocycles. The molecular weight excluding hydrogens is 235 g/mol. The van der Waals surface area contributed by atoms with Gasteiger partial charge in [0.05, 0.1) is 5.56 Å². The van der Waals surface area contributed by atoms with Gasteiger partial charge in [0.2, 0.25) is 0 Å². The van der Waals surface area contributed by atoms with Gasteiger partial charge in [0, 0.05) is 6.42 Å². The molecule has 0 aliphatic heterocycles. The van der Waals surface area contributed by atoms with E-state index in [2.05, 4.69) is 5.48 Å². The van der Waals surface area contributed by atoms with E-state index < -0.39 is 11.7 Å². The van der Waals surface area contributed by atoms with Gasteiger partial charge in [0.1, 0.15) is 0 Å². The smallest absolute Gasteiger partial charge is 0.380 e. The summed E-state index contributed by atoms with van der Waals surface area (Å²) in [5, 5.41) is 0. The molecule has 0 fully saturated rings. The van der Waals surface area contributed by atoms with E-state index in [4.69, 9.17) is 4.84 Å². The zero-order valence-electron chi connectivity index (χ0n) is 9.17. The van der Waals surface area contributed by atoms with Gasteiger partial charge in [-0.2, -0.15) is 18.7 Å². The molecule has 1 N–H and O–H groups in total. The number of hydrogen-bond donors (Lipinski definition) is 1. The molecule has 3 nitrogen and oxygen atoms in total. The summed E-state index contributed by atoms with van der Waals surface area (Å²) in [6.45, 7) is 1.81. The van der Waals surface area contributed by atoms with Gasteiger partial charge in [-0.25, -0.2) is 0 Å². The van der Waals surface area contributed by atoms with Crippen molar-refractivity contribution in [1.82, 2.24) is 5.48 Å². The van der Waals surface area contributed by atoms with Crippen molar-refractivity contribution in [2.75, 3.05) is 0 Å². The summed E-state index contributed by atoms with van der Waals surface area (Å²) in [6, 6.07) is 4.30. The van der Waals surface area contributed by atoms with Crippen molar-refractivity contribution in [1.29, 1.82) is 0 Å². The minimum atomic E-state index is -4.42. The average molecular weight is 247 g/mol. The van der Waals surface area contributed by atoms with Crippen molar-refractivity contribution < 1.29 is 22.8 Å². The van der Waals surface area contributed by atoms with Crippen molar-refractivity contribution in [2.45, 2.75) is 25.9 Å². The first-order chi connectivity index (χ1) is 7.93. The molecule has 0 saturated heterocycles. The fraction of sp³-hybridized carbons (Fsp3) is 0.364. The molecule has 1 aromatic rings. The second kappa shape index (κ2) is 5.56. The van der Waals surface area contributed by atoms with Crippen LogP contribution in [0.1, 0.15) is 25.3 Å². The van der Waals surface area contributed by atoms with Crippen LogP contribution in [0, 0.1) is 0 Å². The first-order valence-corrected chi connectivity index (χ1v) is 5.06. The van der Waals surface area contributed by atoms with Gasteiger partial charge in [-0.1, -0.05) is 13.0 Å². The molecule has 1 amide bonds. The Kier molecular flexibility index (Phi) is 4.37. The van der Waals surface area contributed by atoms with Crippen molar-refractivity contribution in [3.8, 4) is 5.75 Å². The summed E-state index contributed by atoms with van der Waals surface area (Å²) in [4.78, 5) is 15.8. The third-order valence-corrected chi connectivity index (χ3v) is 1.92. The molecule has 0 heterocycles. The highest BCUT2D eigenvalue weighted by Crippen LogP contribution is 2.31. The summed E-state index contributed by atoms with van der Waals surface area (Å²) < 4.78 is 37.0. The van der Waals surface area contributed by atoms with E-state index in [0.29, 0.717) is 6.42 Å². The summed E-state index contributed by atoms with van der Waals surface area (Å²) in [5.74, 6) is -0.422. The SMILES string of the molecule is CCCC(=O)NOc1cccc(C(F)(F)F)c1. The van der Waals surface area contributed by atoms with E-state index in [0.717, 1.165) is 12.1 Å². The first kappa shape index (κ1) is 13.3. The quantitative estimate of drug-likeness (QED) is 0.831. The van der Waals surface area contributed by atoms with Crippen LogP contribution in [-0.2, 0) is 11.0 Å². The number of halogens is 3. The Morgan fingerprint density at radius 1 is 1.41 bits per heavy atom. The van der Waals surface area contributed by atoms with E-state index in [1.54, 1.807) is 0 Å². The Bertz CT molecular complexity index is 391. The highest BCUT2D eigenvalue weighted by atomic mass is 19.4. The minimum Gasteiger partial charge on any atom is -0.380 e. The molecule has 17 heavy (non-hydrogen) atoms. The lowest BCUT2D eigenvalue weighted by molar-refractivity contribution is -0.137. The summed E-state index contributed by atoms with van der Waals surface area (Å²) in [6.07, 6.45) is -3.52. The Labute approximate surface area is 96.5 Å². The Hall–Kier alpha value is -1.72. The number of carbonyl (C=O) groups is 1. The van der Waals surface area contributed by atoms with Crippen LogP contribution in [0.4, 0.5) is 13.2 Å². The molecule has 0 radical (unpaired) electrons. The Morgan fingerprint density at radius 2 is 2.12 bits per heavy atom. The minimum absolute atomic E-state index is 0.0516. The summed E-state index contributed by atoms with van der Waals surface area (Å²) >= 11 is 0. The molecular formula is C11H12F3NO2. The number of benzene rings is 1. The van der Waals surface area contributed by atoms with E-state index in [-0.39, 0.29) is 18.1 Å². The molecule has 0 aliphatic rings. The lowest BCUT2D eigenvalue weighted by Crippen LogP contribution is -2.26. The van der Waals surface area contributed by atoms with E-state index in [1.165, 1.54) is 12.1 Å². The maximum absolute atomic E-state index is 12.3. The molecule has 0 spiro atoms. The van der Waals surface area contributed by atoms with Gasteiger partial charge < -0.3 is 4.84 Å². The topological polar surface area (TPSA) is 38.3 Å². The standard InChI is InChI=1S/C11H12F3NO2/c1-2-4-10(16)15-17-9-6-3-5-8(7-9)11(12,13)14/h3,5-7H,2,4H2,1H3,(H,15,16). The molecule has 1 rings (SSSR count). The molecule has 1 aromatic carbocycles. The van der Waals surface area contributed by atoms with Crippen LogP contribution in [-0.4, -0.2) is 5.91 Å². The first-order valence-electron chi connectivity index (χ1n) is 5.06. The number of alkyl halides is 3. The fourth-order valence-electron chi connectivity index (χ4n) is 1.13. The number of rotatable bonds is 4. The lowest BCUT2D eigenvalue weighted by Gasteiger charge is -2.09. The van der Waals surface area contributed by atoms with Gasteiger partial charge in [0.25, 0.3) is 5.91 Å². The van der Waals surface area contributed by atoms with Crippen molar-refractivity contribution in [3.63, 3.8) is 0 Å². The van der Waals surface area contributed by atoms with Crippen LogP contribution in [0.25, 0.3) is 0 Å². The molecule has 0 unspecified atom stereocenters. The normalized spacial score (nSPS) is 11.1. The molecule has 0 saturated carbocycles. The van der Waals surface area contributed by atoms with Crippen LogP contribution in [0.3, 0.4) is 0 Å². The van der Waals surface area contributed by atoms with Crippen LogP contribution < -0.4 is 10.3 Å². The van der Waals surface area contributed by atoms with E-state index in [1.807, 2.05) is 6.92 Å². The van der Waals surface area contributed by atoms with Crippen LogP contribution >= 0.6 is 0 Å². The second-order valence-corrected chi connectivity index (χ2v) is 3.40. The van der Waals surface area contributed by atoms with Gasteiger partial charge in [-0.05, 0) is 24.6 Å². The van der Waals surface area contributed by atoms with Gasteiger partial charge in [-0.3, -0.25) is 4.79 Å². The predicted molar refractivity (Wildman–Crippen MR) is 55.1 cm³/mol. The van der Waals surface area contributed by atoms with E-state index in [9.17, 15) is 18.0 Å². The van der Waals surface area contributed by atoms with E-state index >= 15 is 0 Å². The average Bonchev–Trinajstić information content (AvgIpc) is 2.26. The number of hydrogen-bond acceptors (Lipinski definition) is 2. The largest absolute Gasteiger partial charge is 0.416 e. The number of carbonyl (C=O) groups excluding carboxylic acids is 1. The monoisotopic (exact) mass is 247 g/mol. The maximum Gasteiger partial charge on any atom is 0.416 e. The lowest BCUT2D eigenvalue weighted by atomic mass is 10.2. The molecule has 6 heteroatoms. The van der Waals surface area contributed by atoms with Gasteiger partial charge >= 0.3 is 6.18 Å². The number of amides is 1. The highest BCUT2D eigenvalue weighted by molar-refractivity contribution is 5.74. The Balaban J connectivity index is 2.64. The molecule has 0 aliphatic carbocycles. The van der Waals surface area contributed by atoms with Crippen molar-refractivity contribution >= 4 is 5.91 Å². The van der Waals surface area contributed by atoms with Gasteiger partial charge in [0.15, 0.2) is 5.75 Å².